The molecule has 0 fully saturated rings. The molecule has 0 radical (unpaired) electrons. The van der Waals surface area contributed by atoms with E-state index in [0.29, 0.717) is 25.2 Å². The maximum atomic E-state index is 11.7. The molecule has 0 aliphatic rings. The predicted molar refractivity (Wildman–Crippen MR) is 84.7 cm³/mol. The van der Waals surface area contributed by atoms with Gasteiger partial charge in [0.15, 0.2) is 0 Å². The fourth-order valence-corrected chi connectivity index (χ4v) is 2.14. The number of benzene rings is 1. The van der Waals surface area contributed by atoms with Gasteiger partial charge in [-0.15, -0.1) is 0 Å². The van der Waals surface area contributed by atoms with Gasteiger partial charge in [0.05, 0.1) is 11.0 Å². The van der Waals surface area contributed by atoms with Crippen molar-refractivity contribution in [2.24, 2.45) is 5.92 Å². The molecule has 7 heteroatoms. The number of aliphatic hydroxyl groups is 1. The largest absolute Gasteiger partial charge is 0.393 e. The Balaban J connectivity index is 2.32. The van der Waals surface area contributed by atoms with E-state index in [9.17, 15) is 20.0 Å². The van der Waals surface area contributed by atoms with E-state index in [-0.39, 0.29) is 30.0 Å². The molecule has 0 aliphatic carbocycles. The third-order valence-electron chi connectivity index (χ3n) is 3.16. The first kappa shape index (κ1) is 17.9. The number of aliphatic hydroxyl groups excluding tert-OH is 1. The summed E-state index contributed by atoms with van der Waals surface area (Å²) in [5.74, 6) is 0.0793. The summed E-state index contributed by atoms with van der Waals surface area (Å²) >= 11 is 0. The Morgan fingerprint density at radius 3 is 2.68 bits per heavy atom. The second-order valence-corrected chi connectivity index (χ2v) is 5.45. The quantitative estimate of drug-likeness (QED) is 0.477. The molecule has 1 amide bonds. The van der Waals surface area contributed by atoms with Crippen LogP contribution in [-0.4, -0.2) is 35.1 Å². The van der Waals surface area contributed by atoms with Crippen molar-refractivity contribution in [2.45, 2.75) is 32.8 Å². The van der Waals surface area contributed by atoms with Crippen molar-refractivity contribution in [3.05, 3.63) is 34.4 Å². The van der Waals surface area contributed by atoms with Crippen molar-refractivity contribution in [1.29, 1.82) is 0 Å². The monoisotopic (exact) mass is 309 g/mol. The molecule has 0 saturated carbocycles. The lowest BCUT2D eigenvalue weighted by Gasteiger charge is -2.14. The highest BCUT2D eigenvalue weighted by molar-refractivity contribution is 5.76. The SMILES string of the molecule is CC(O)CC(C)CNC(=O)CCNc1ccccc1[N+](=O)[O-]. The lowest BCUT2D eigenvalue weighted by molar-refractivity contribution is -0.384. The van der Waals surface area contributed by atoms with Crippen molar-refractivity contribution in [3.63, 3.8) is 0 Å². The van der Waals surface area contributed by atoms with Crippen molar-refractivity contribution in [2.75, 3.05) is 18.4 Å². The van der Waals surface area contributed by atoms with E-state index < -0.39 is 4.92 Å². The number of amides is 1. The number of para-hydroxylation sites is 2. The summed E-state index contributed by atoms with van der Waals surface area (Å²) in [6.07, 6.45) is 0.481. The Morgan fingerprint density at radius 1 is 1.36 bits per heavy atom. The van der Waals surface area contributed by atoms with Crippen LogP contribution in [0, 0.1) is 16.0 Å². The second kappa shape index (κ2) is 8.99. The highest BCUT2D eigenvalue weighted by Crippen LogP contribution is 2.22. The molecular formula is C15H23N3O4. The van der Waals surface area contributed by atoms with Crippen LogP contribution in [0.25, 0.3) is 0 Å². The molecule has 22 heavy (non-hydrogen) atoms. The van der Waals surface area contributed by atoms with Gasteiger partial charge in [-0.2, -0.15) is 0 Å². The summed E-state index contributed by atoms with van der Waals surface area (Å²) in [7, 11) is 0. The summed E-state index contributed by atoms with van der Waals surface area (Å²) in [4.78, 5) is 22.1. The predicted octanol–water partition coefficient (Wildman–Crippen LogP) is 1.92. The minimum Gasteiger partial charge on any atom is -0.393 e. The lowest BCUT2D eigenvalue weighted by Crippen LogP contribution is -2.30. The molecule has 1 aromatic rings. The third-order valence-corrected chi connectivity index (χ3v) is 3.16. The molecule has 2 atom stereocenters. The number of nitrogens with one attached hydrogen (secondary N) is 2. The van der Waals surface area contributed by atoms with Gasteiger partial charge in [0.25, 0.3) is 5.69 Å². The van der Waals surface area contributed by atoms with Crippen LogP contribution >= 0.6 is 0 Å². The summed E-state index contributed by atoms with van der Waals surface area (Å²) in [5.41, 5.74) is 0.399. The Bertz CT molecular complexity index is 505. The molecule has 0 aliphatic heterocycles. The van der Waals surface area contributed by atoms with Gasteiger partial charge < -0.3 is 15.7 Å². The molecule has 0 aromatic heterocycles. The van der Waals surface area contributed by atoms with E-state index in [1.165, 1.54) is 6.07 Å². The molecule has 1 rings (SSSR count). The zero-order valence-electron chi connectivity index (χ0n) is 12.9. The molecule has 0 spiro atoms. The molecule has 3 N–H and O–H groups in total. The van der Waals surface area contributed by atoms with Crippen molar-refractivity contribution in [1.82, 2.24) is 5.32 Å². The van der Waals surface area contributed by atoms with Gasteiger partial charge in [-0.25, -0.2) is 0 Å². The van der Waals surface area contributed by atoms with Crippen LogP contribution in [0.1, 0.15) is 26.7 Å². The number of hydrogen-bond donors (Lipinski definition) is 3. The lowest BCUT2D eigenvalue weighted by atomic mass is 10.0. The van der Waals surface area contributed by atoms with Crippen molar-refractivity contribution < 1.29 is 14.8 Å². The maximum Gasteiger partial charge on any atom is 0.292 e. The first-order valence-corrected chi connectivity index (χ1v) is 7.32. The highest BCUT2D eigenvalue weighted by Gasteiger charge is 2.12. The minimum atomic E-state index is -0.458. The number of hydrogen-bond acceptors (Lipinski definition) is 5. The first-order chi connectivity index (χ1) is 10.4. The number of carbonyl (C=O) groups is 1. The number of nitro benzene ring substituents is 1. The minimum absolute atomic E-state index is 0.00605. The molecule has 7 nitrogen and oxygen atoms in total. The number of nitro groups is 1. The van der Waals surface area contributed by atoms with E-state index in [2.05, 4.69) is 10.6 Å². The van der Waals surface area contributed by atoms with Crippen LogP contribution in [0.2, 0.25) is 0 Å². The molecule has 2 unspecified atom stereocenters. The summed E-state index contributed by atoms with van der Waals surface area (Å²) < 4.78 is 0. The van der Waals surface area contributed by atoms with E-state index in [1.807, 2.05) is 6.92 Å². The van der Waals surface area contributed by atoms with E-state index in [0.717, 1.165) is 0 Å². The molecular weight excluding hydrogens is 286 g/mol. The first-order valence-electron chi connectivity index (χ1n) is 7.32. The fourth-order valence-electron chi connectivity index (χ4n) is 2.14. The average Bonchev–Trinajstić information content (AvgIpc) is 2.45. The van der Waals surface area contributed by atoms with Crippen LogP contribution in [0.4, 0.5) is 11.4 Å². The Hall–Kier alpha value is -2.15. The summed E-state index contributed by atoms with van der Waals surface area (Å²) in [6.45, 7) is 4.50. The highest BCUT2D eigenvalue weighted by atomic mass is 16.6. The zero-order chi connectivity index (χ0) is 16.5. The standard InChI is InChI=1S/C15H23N3O4/c1-11(9-12(2)19)10-17-15(20)7-8-16-13-5-3-4-6-14(13)18(21)22/h3-6,11-12,16,19H,7-10H2,1-2H3,(H,17,20). The number of rotatable bonds is 9. The van der Waals surface area contributed by atoms with Crippen LogP contribution in [-0.2, 0) is 4.79 Å². The zero-order valence-corrected chi connectivity index (χ0v) is 12.9. The van der Waals surface area contributed by atoms with Crippen LogP contribution in [0.5, 0.6) is 0 Å². The fraction of sp³-hybridized carbons (Fsp3) is 0.533. The average molecular weight is 309 g/mol. The van der Waals surface area contributed by atoms with Crippen LogP contribution in [0.15, 0.2) is 24.3 Å². The summed E-state index contributed by atoms with van der Waals surface area (Å²) in [6, 6.07) is 6.33. The summed E-state index contributed by atoms with van der Waals surface area (Å²) in [5, 5.41) is 25.8. The molecule has 122 valence electrons. The number of anilines is 1. The second-order valence-electron chi connectivity index (χ2n) is 5.45. The molecule has 1 aromatic carbocycles. The van der Waals surface area contributed by atoms with Gasteiger partial charge in [-0.3, -0.25) is 14.9 Å². The van der Waals surface area contributed by atoms with Gasteiger partial charge in [0, 0.05) is 25.6 Å². The maximum absolute atomic E-state index is 11.7. The normalized spacial score (nSPS) is 13.2. The smallest absolute Gasteiger partial charge is 0.292 e. The molecule has 0 saturated heterocycles. The van der Waals surface area contributed by atoms with Crippen LogP contribution < -0.4 is 10.6 Å². The van der Waals surface area contributed by atoms with E-state index in [4.69, 9.17) is 0 Å². The van der Waals surface area contributed by atoms with E-state index in [1.54, 1.807) is 25.1 Å². The van der Waals surface area contributed by atoms with E-state index >= 15 is 0 Å². The van der Waals surface area contributed by atoms with Gasteiger partial charge in [0.1, 0.15) is 5.69 Å². The van der Waals surface area contributed by atoms with Gasteiger partial charge >= 0.3 is 0 Å². The van der Waals surface area contributed by atoms with Gasteiger partial charge in [-0.05, 0) is 25.3 Å². The number of carbonyl (C=O) groups excluding carboxylic acids is 1. The molecule has 0 heterocycles. The van der Waals surface area contributed by atoms with Gasteiger partial charge in [-0.1, -0.05) is 19.1 Å². The molecule has 0 bridgehead atoms. The number of nitrogens with zero attached hydrogens (tertiary/aromatic N) is 1. The van der Waals surface area contributed by atoms with Gasteiger partial charge in [0.2, 0.25) is 5.91 Å². The Labute approximate surface area is 129 Å². The van der Waals surface area contributed by atoms with Crippen LogP contribution in [0.3, 0.4) is 0 Å². The Morgan fingerprint density at radius 2 is 2.05 bits per heavy atom. The van der Waals surface area contributed by atoms with Crippen molar-refractivity contribution >= 4 is 17.3 Å². The third kappa shape index (κ3) is 6.53. The topological polar surface area (TPSA) is 104 Å². The van der Waals surface area contributed by atoms with Crippen molar-refractivity contribution in [3.8, 4) is 0 Å². The Kier molecular flexibility index (Phi) is 7.31.